The van der Waals surface area contributed by atoms with Gasteiger partial charge in [0.15, 0.2) is 33.1 Å². The molecule has 0 aliphatic carbocycles. The molecule has 0 amide bonds. The first-order valence-electron chi connectivity index (χ1n) is 5.48. The molecule has 0 fully saturated rings. The van der Waals surface area contributed by atoms with E-state index in [1.807, 2.05) is 0 Å². The average molecular weight is 299 g/mol. The number of sulfone groups is 1. The monoisotopic (exact) mass is 299 g/mol. The lowest BCUT2D eigenvalue weighted by Crippen LogP contribution is -2.28. The fraction of sp³-hybridized carbons (Fsp3) is 0.455. The van der Waals surface area contributed by atoms with Gasteiger partial charge in [0, 0.05) is 17.9 Å². The largest absolute Gasteiger partial charge is 0.377 e. The number of rotatable bonds is 5. The van der Waals surface area contributed by atoms with Crippen molar-refractivity contribution >= 4 is 15.5 Å². The maximum atomic E-state index is 13.3. The van der Waals surface area contributed by atoms with Crippen LogP contribution >= 0.6 is 0 Å². The molecule has 0 bridgehead atoms. The quantitative estimate of drug-likeness (QED) is 0.671. The molecule has 19 heavy (non-hydrogen) atoms. The molecular weight excluding hydrogens is 286 g/mol. The highest BCUT2D eigenvalue weighted by Crippen LogP contribution is 2.24. The summed E-state index contributed by atoms with van der Waals surface area (Å²) in [6.45, 7) is 2.76. The van der Waals surface area contributed by atoms with E-state index < -0.39 is 50.6 Å². The van der Waals surface area contributed by atoms with Crippen molar-refractivity contribution in [3.63, 3.8) is 0 Å². The van der Waals surface area contributed by atoms with Gasteiger partial charge in [-0.3, -0.25) is 0 Å². The standard InChI is InChI=1S/C11H13F4NO2S/c1-3-19(17,18)5-6(2)16-11-9(14)7(12)4-8(13)10(11)15/h4,6,16H,3,5H2,1-2H3. The van der Waals surface area contributed by atoms with Crippen molar-refractivity contribution < 1.29 is 26.0 Å². The second-order valence-corrected chi connectivity index (χ2v) is 6.49. The van der Waals surface area contributed by atoms with Crippen molar-refractivity contribution in [2.24, 2.45) is 0 Å². The maximum Gasteiger partial charge on any atom is 0.185 e. The van der Waals surface area contributed by atoms with Crippen LogP contribution in [0.25, 0.3) is 0 Å². The van der Waals surface area contributed by atoms with Crippen LogP contribution in [-0.4, -0.2) is 26.0 Å². The fourth-order valence-electron chi connectivity index (χ4n) is 1.49. The molecule has 1 atom stereocenters. The van der Waals surface area contributed by atoms with E-state index >= 15 is 0 Å². The van der Waals surface area contributed by atoms with Crippen molar-refractivity contribution in [2.75, 3.05) is 16.8 Å². The first-order chi connectivity index (χ1) is 8.68. The molecule has 108 valence electrons. The molecule has 1 aromatic carbocycles. The second kappa shape index (κ2) is 5.77. The molecule has 0 aromatic heterocycles. The molecule has 8 heteroatoms. The van der Waals surface area contributed by atoms with Gasteiger partial charge in [0.05, 0.1) is 5.75 Å². The summed E-state index contributed by atoms with van der Waals surface area (Å²) in [5.74, 6) is -6.81. The molecular formula is C11H13F4NO2S. The number of benzene rings is 1. The van der Waals surface area contributed by atoms with E-state index in [2.05, 4.69) is 5.32 Å². The van der Waals surface area contributed by atoms with Crippen LogP contribution in [0.1, 0.15) is 13.8 Å². The average Bonchev–Trinajstić information content (AvgIpc) is 2.31. The van der Waals surface area contributed by atoms with Crippen molar-refractivity contribution in [3.8, 4) is 0 Å². The van der Waals surface area contributed by atoms with Crippen LogP contribution in [0, 0.1) is 23.3 Å². The molecule has 0 heterocycles. The van der Waals surface area contributed by atoms with Crippen LogP contribution in [0.15, 0.2) is 6.07 Å². The Bertz CT molecular complexity index is 548. The van der Waals surface area contributed by atoms with Crippen molar-refractivity contribution in [3.05, 3.63) is 29.3 Å². The Balaban J connectivity index is 3.00. The first-order valence-corrected chi connectivity index (χ1v) is 7.30. The van der Waals surface area contributed by atoms with Gasteiger partial charge in [-0.25, -0.2) is 26.0 Å². The van der Waals surface area contributed by atoms with E-state index in [1.165, 1.54) is 13.8 Å². The van der Waals surface area contributed by atoms with E-state index in [0.29, 0.717) is 0 Å². The third-order valence-electron chi connectivity index (χ3n) is 2.45. The molecule has 0 spiro atoms. The summed E-state index contributed by atoms with van der Waals surface area (Å²) in [7, 11) is -3.38. The van der Waals surface area contributed by atoms with Gasteiger partial charge < -0.3 is 5.32 Å². The molecule has 3 nitrogen and oxygen atoms in total. The highest BCUT2D eigenvalue weighted by atomic mass is 32.2. The highest BCUT2D eigenvalue weighted by Gasteiger charge is 2.22. The van der Waals surface area contributed by atoms with Crippen molar-refractivity contribution in [1.82, 2.24) is 0 Å². The van der Waals surface area contributed by atoms with Crippen LogP contribution in [0.4, 0.5) is 23.2 Å². The van der Waals surface area contributed by atoms with E-state index in [9.17, 15) is 26.0 Å². The SMILES string of the molecule is CCS(=O)(=O)CC(C)Nc1c(F)c(F)cc(F)c1F. The molecule has 1 aromatic rings. The molecule has 0 aliphatic heterocycles. The predicted molar refractivity (Wildman–Crippen MR) is 63.7 cm³/mol. The number of nitrogens with one attached hydrogen (secondary N) is 1. The van der Waals surface area contributed by atoms with E-state index in [4.69, 9.17) is 0 Å². The first kappa shape index (κ1) is 15.7. The fourth-order valence-corrected chi connectivity index (χ4v) is 2.57. The number of hydrogen-bond acceptors (Lipinski definition) is 3. The molecule has 0 saturated carbocycles. The second-order valence-electron chi connectivity index (χ2n) is 4.09. The Morgan fingerprint density at radius 1 is 1.16 bits per heavy atom. The zero-order valence-electron chi connectivity index (χ0n) is 10.3. The lowest BCUT2D eigenvalue weighted by Gasteiger charge is -2.16. The summed E-state index contributed by atoms with van der Waals surface area (Å²) in [6.07, 6.45) is 0. The molecule has 0 aliphatic rings. The summed E-state index contributed by atoms with van der Waals surface area (Å²) in [5.41, 5.74) is -1.00. The molecule has 0 radical (unpaired) electrons. The topological polar surface area (TPSA) is 46.2 Å². The van der Waals surface area contributed by atoms with Crippen LogP contribution < -0.4 is 5.32 Å². The van der Waals surface area contributed by atoms with E-state index in [-0.39, 0.29) is 11.8 Å². The van der Waals surface area contributed by atoms with Crippen LogP contribution in [0.3, 0.4) is 0 Å². The van der Waals surface area contributed by atoms with E-state index in [1.54, 1.807) is 0 Å². The Kier molecular flexibility index (Phi) is 4.78. The number of hydrogen-bond donors (Lipinski definition) is 1. The van der Waals surface area contributed by atoms with Gasteiger partial charge in [-0.1, -0.05) is 6.92 Å². The Morgan fingerprint density at radius 3 is 2.05 bits per heavy atom. The molecule has 1 rings (SSSR count). The third kappa shape index (κ3) is 3.82. The van der Waals surface area contributed by atoms with Crippen LogP contribution in [0.2, 0.25) is 0 Å². The minimum absolute atomic E-state index is 0.0866. The number of anilines is 1. The summed E-state index contributed by atoms with van der Waals surface area (Å²) in [4.78, 5) is 0. The van der Waals surface area contributed by atoms with Gasteiger partial charge in [-0.2, -0.15) is 0 Å². The highest BCUT2D eigenvalue weighted by molar-refractivity contribution is 7.91. The predicted octanol–water partition coefficient (Wildman–Crippen LogP) is 2.48. The van der Waals surface area contributed by atoms with Gasteiger partial charge >= 0.3 is 0 Å². The summed E-state index contributed by atoms with van der Waals surface area (Å²) < 4.78 is 75.2. The molecule has 1 unspecified atom stereocenters. The Labute approximate surface area is 108 Å². The smallest absolute Gasteiger partial charge is 0.185 e. The van der Waals surface area contributed by atoms with Gasteiger partial charge in [0.25, 0.3) is 0 Å². The van der Waals surface area contributed by atoms with Crippen molar-refractivity contribution in [2.45, 2.75) is 19.9 Å². The third-order valence-corrected chi connectivity index (χ3v) is 4.33. The molecule has 1 N–H and O–H groups in total. The minimum atomic E-state index is -3.38. The van der Waals surface area contributed by atoms with Crippen molar-refractivity contribution in [1.29, 1.82) is 0 Å². The van der Waals surface area contributed by atoms with Crippen LogP contribution in [-0.2, 0) is 9.84 Å². The summed E-state index contributed by atoms with van der Waals surface area (Å²) in [5, 5.41) is 2.14. The van der Waals surface area contributed by atoms with Gasteiger partial charge in [0.2, 0.25) is 0 Å². The Morgan fingerprint density at radius 2 is 1.63 bits per heavy atom. The zero-order chi connectivity index (χ0) is 14.8. The summed E-state index contributed by atoms with van der Waals surface area (Å²) >= 11 is 0. The van der Waals surface area contributed by atoms with Crippen LogP contribution in [0.5, 0.6) is 0 Å². The van der Waals surface area contributed by atoms with Gasteiger partial charge in [-0.05, 0) is 6.92 Å². The minimum Gasteiger partial charge on any atom is -0.377 e. The summed E-state index contributed by atoms with van der Waals surface area (Å²) in [6, 6.07) is -0.807. The Hall–Kier alpha value is -1.31. The molecule has 0 saturated heterocycles. The van der Waals surface area contributed by atoms with E-state index in [0.717, 1.165) is 0 Å². The van der Waals surface area contributed by atoms with Gasteiger partial charge in [0.1, 0.15) is 5.69 Å². The van der Waals surface area contributed by atoms with Gasteiger partial charge in [-0.15, -0.1) is 0 Å². The lowest BCUT2D eigenvalue weighted by atomic mass is 10.2. The normalized spacial score (nSPS) is 13.4. The lowest BCUT2D eigenvalue weighted by molar-refractivity contribution is 0.457. The zero-order valence-corrected chi connectivity index (χ0v) is 11.1. The number of halogens is 4. The maximum absolute atomic E-state index is 13.3.